The van der Waals surface area contributed by atoms with Crippen LogP contribution in [0, 0.1) is 33.3 Å². The van der Waals surface area contributed by atoms with Gasteiger partial charge in [-0.1, -0.05) is 0 Å². The van der Waals surface area contributed by atoms with E-state index in [0.29, 0.717) is 0 Å². The maximum absolute atomic E-state index is 7.50. The van der Waals surface area contributed by atoms with Crippen LogP contribution in [0.4, 0.5) is 5.69 Å². The third-order valence-corrected chi connectivity index (χ3v) is 3.59. The molecule has 1 heterocycles. The molecule has 30 heavy (non-hydrogen) atoms. The Labute approximate surface area is 182 Å². The standard InChI is InChI=1S/C16H13NO2.5CO.Cr/c1-2-13-5-3-4-6-14(13)17-10-12-7-8-15-16(9-12)19-11-18-15;5*1-2;/h2-9,17H,1,11H2;;;;;;. The van der Waals surface area contributed by atoms with Gasteiger partial charge < -0.3 is 0 Å². The molecule has 150 valence electrons. The van der Waals surface area contributed by atoms with E-state index in [9.17, 15) is 0 Å². The number of benzene rings is 2. The van der Waals surface area contributed by atoms with E-state index in [4.69, 9.17) is 32.7 Å². The molecule has 3 rings (SSSR count). The number of nitrogens with one attached hydrogen (secondary N) is 1. The van der Waals surface area contributed by atoms with Gasteiger partial charge in [0.1, 0.15) is 0 Å². The minimum absolute atomic E-state index is 0.286. The molecule has 1 N–H and O–H groups in total. The zero-order valence-corrected chi connectivity index (χ0v) is 16.6. The maximum atomic E-state index is 7.50. The van der Waals surface area contributed by atoms with Gasteiger partial charge in [0.15, 0.2) is 0 Å². The van der Waals surface area contributed by atoms with Gasteiger partial charge in [-0.25, -0.2) is 0 Å². The molecule has 0 amide bonds. The fraction of sp³-hybridized carbons (Fsp3) is 0.0476. The Kier molecular flexibility index (Phi) is 23.0. The number of hydrogen-bond donors (Lipinski definition) is 1. The Balaban J connectivity index is -0.000000642. The average Bonchev–Trinajstić information content (AvgIpc) is 3.34. The van der Waals surface area contributed by atoms with Gasteiger partial charge in [-0.3, -0.25) is 0 Å². The van der Waals surface area contributed by atoms with Crippen LogP contribution in [-0.2, 0) is 39.1 Å². The molecule has 0 spiro atoms. The fourth-order valence-electron chi connectivity index (χ4n) is 2.02. The SMILES string of the molecule is C=Cc1ccccc1N[C](=[Cr])c1ccc2c(c1)OCO2.[C-]#[O+].[C-]#[O+].[C-]#[O+].[C-]#[O+].[C-]#[O+]. The first-order valence-corrected chi connectivity index (χ1v) is 7.86. The predicted molar refractivity (Wildman–Crippen MR) is 96.5 cm³/mol. The van der Waals surface area contributed by atoms with Gasteiger partial charge in [-0.15, -0.1) is 0 Å². The third kappa shape index (κ3) is 10.3. The van der Waals surface area contributed by atoms with Gasteiger partial charge in [-0.05, 0) is 0 Å². The van der Waals surface area contributed by atoms with Crippen molar-refractivity contribution in [1.29, 1.82) is 0 Å². The molecule has 0 unspecified atom stereocenters. The molecule has 2 aromatic carbocycles. The van der Waals surface area contributed by atoms with Gasteiger partial charge in [-0.2, -0.15) is 0 Å². The Morgan fingerprint density at radius 2 is 1.40 bits per heavy atom. The van der Waals surface area contributed by atoms with Crippen molar-refractivity contribution < 1.29 is 48.6 Å². The summed E-state index contributed by atoms with van der Waals surface area (Å²) in [4.78, 5) is 0. The van der Waals surface area contributed by atoms with E-state index in [-0.39, 0.29) is 6.79 Å². The van der Waals surface area contributed by atoms with Gasteiger partial charge >= 0.3 is 182 Å². The second-order valence-electron chi connectivity index (χ2n) is 4.31. The van der Waals surface area contributed by atoms with E-state index in [1.54, 1.807) is 0 Å². The summed E-state index contributed by atoms with van der Waals surface area (Å²) in [7, 11) is 0. The summed E-state index contributed by atoms with van der Waals surface area (Å²) in [6, 6.07) is 13.9. The first-order chi connectivity index (χ1) is 14.8. The van der Waals surface area contributed by atoms with Crippen molar-refractivity contribution in [1.82, 2.24) is 0 Å². The number of rotatable bonds is 4. The molecule has 2 aromatic rings. The van der Waals surface area contributed by atoms with Crippen molar-refractivity contribution >= 4 is 16.3 Å². The molecule has 9 heteroatoms. The molecule has 0 bridgehead atoms. The summed E-state index contributed by atoms with van der Waals surface area (Å²) in [5, 5.41) is 3.36. The summed E-state index contributed by atoms with van der Waals surface area (Å²) in [5.74, 6) is 1.56. The van der Waals surface area contributed by atoms with Crippen LogP contribution >= 0.6 is 0 Å². The van der Waals surface area contributed by atoms with Crippen LogP contribution in [-0.4, -0.2) is 11.3 Å². The van der Waals surface area contributed by atoms with E-state index >= 15 is 0 Å². The summed E-state index contributed by atoms with van der Waals surface area (Å²) in [6.07, 6.45) is 1.83. The molecule has 1 aliphatic rings. The Hall–Kier alpha value is -3.32. The molecule has 0 saturated carbocycles. The molecule has 0 radical (unpaired) electrons. The number of hydrogen-bond acceptors (Lipinski definition) is 3. The quantitative estimate of drug-likeness (QED) is 0.576. The summed E-state index contributed by atoms with van der Waals surface area (Å²) in [6.45, 7) is 26.6. The van der Waals surface area contributed by atoms with Crippen LogP contribution in [0.2, 0.25) is 0 Å². The van der Waals surface area contributed by atoms with E-state index < -0.39 is 0 Å². The number of fused-ring (bicyclic) bond motifs is 1. The van der Waals surface area contributed by atoms with E-state index in [2.05, 4.69) is 61.0 Å². The zero-order valence-electron chi connectivity index (χ0n) is 15.3. The predicted octanol–water partition coefficient (Wildman–Crippen LogP) is 3.01. The van der Waals surface area contributed by atoms with Crippen LogP contribution in [0.15, 0.2) is 49.0 Å². The second kappa shape index (κ2) is 22.0. The molecule has 0 aromatic heterocycles. The molecular formula is C21H13CrNO7. The second-order valence-corrected chi connectivity index (χ2v) is 4.95. The van der Waals surface area contributed by atoms with Crippen molar-refractivity contribution in [3.63, 3.8) is 0 Å². The molecule has 0 saturated heterocycles. The molecule has 0 atom stereocenters. The average molecular weight is 443 g/mol. The van der Waals surface area contributed by atoms with E-state index in [0.717, 1.165) is 32.8 Å². The summed E-state index contributed by atoms with van der Waals surface area (Å²) < 4.78 is 49.1. The van der Waals surface area contributed by atoms with Crippen LogP contribution in [0.3, 0.4) is 0 Å². The molecule has 1 aliphatic heterocycles. The minimum atomic E-state index is 0.286. The van der Waals surface area contributed by atoms with Crippen LogP contribution in [0.25, 0.3) is 6.08 Å². The van der Waals surface area contributed by atoms with Gasteiger partial charge in [0.05, 0.1) is 0 Å². The van der Waals surface area contributed by atoms with Crippen molar-refractivity contribution in [3.05, 3.63) is 93.4 Å². The van der Waals surface area contributed by atoms with E-state index in [1.165, 1.54) is 0 Å². The number of ether oxygens (including phenoxy) is 2. The van der Waals surface area contributed by atoms with Gasteiger partial charge in [0.25, 0.3) is 0 Å². The number of anilines is 1. The van der Waals surface area contributed by atoms with Gasteiger partial charge in [0.2, 0.25) is 0 Å². The molecule has 0 aliphatic carbocycles. The monoisotopic (exact) mass is 443 g/mol. The first kappa shape index (κ1) is 31.4. The molecule has 0 fully saturated rings. The van der Waals surface area contributed by atoms with Crippen LogP contribution in [0.1, 0.15) is 11.1 Å². The summed E-state index contributed by atoms with van der Waals surface area (Å²) in [5.41, 5.74) is 3.09. The van der Waals surface area contributed by atoms with Crippen molar-refractivity contribution in [2.75, 3.05) is 12.1 Å². The van der Waals surface area contributed by atoms with E-state index in [1.807, 2.05) is 48.5 Å². The summed E-state index contributed by atoms with van der Waals surface area (Å²) >= 11 is 3.06. The van der Waals surface area contributed by atoms with Crippen molar-refractivity contribution in [3.8, 4) is 11.5 Å². The Bertz CT molecular complexity index is 863. The normalized spacial score (nSPS) is 8.33. The molecule has 8 nitrogen and oxygen atoms in total. The third-order valence-electron chi connectivity index (χ3n) is 3.06. The number of para-hydroxylation sites is 1. The fourth-order valence-corrected chi connectivity index (χ4v) is 2.39. The molecular weight excluding hydrogens is 430 g/mol. The van der Waals surface area contributed by atoms with Crippen molar-refractivity contribution in [2.45, 2.75) is 0 Å². The Morgan fingerprint density at radius 1 is 0.867 bits per heavy atom. The first-order valence-electron chi connectivity index (χ1n) is 7.22. The topological polar surface area (TPSA) is 130 Å². The van der Waals surface area contributed by atoms with Crippen LogP contribution < -0.4 is 14.8 Å². The van der Waals surface area contributed by atoms with Gasteiger partial charge in [0, 0.05) is 0 Å². The van der Waals surface area contributed by atoms with Crippen molar-refractivity contribution in [2.24, 2.45) is 0 Å². The zero-order chi connectivity index (χ0) is 23.9. The van der Waals surface area contributed by atoms with Crippen LogP contribution in [0.5, 0.6) is 11.5 Å². The Morgan fingerprint density at radius 3 is 1.97 bits per heavy atom.